The van der Waals surface area contributed by atoms with E-state index < -0.39 is 6.10 Å². The fraction of sp³-hybridized carbons (Fsp3) is 0.200. The van der Waals surface area contributed by atoms with Crippen LogP contribution in [0.2, 0.25) is 0 Å². The van der Waals surface area contributed by atoms with Crippen LogP contribution in [0, 0.1) is 0 Å². The fourth-order valence-corrected chi connectivity index (χ4v) is 0.988. The maximum absolute atomic E-state index is 9.34. The number of hydrogen-bond donors (Lipinski definition) is 1. The van der Waals surface area contributed by atoms with Crippen molar-refractivity contribution in [1.29, 1.82) is 0 Å². The molecule has 2 rings (SSSR count). The minimum Gasteiger partial charge on any atom is -0.458 e. The molecular formula is C10H10O2. The summed E-state index contributed by atoms with van der Waals surface area (Å²) < 4.78 is 35.4. The lowest BCUT2D eigenvalue weighted by Gasteiger charge is -1.95. The van der Waals surface area contributed by atoms with Crippen LogP contribution in [0.4, 0.5) is 0 Å². The Balaban J connectivity index is 2.86. The van der Waals surface area contributed by atoms with Gasteiger partial charge in [-0.2, -0.15) is 0 Å². The predicted molar refractivity (Wildman–Crippen MR) is 46.8 cm³/mol. The Morgan fingerprint density at radius 3 is 3.00 bits per heavy atom. The van der Waals surface area contributed by atoms with Crippen molar-refractivity contribution in [3.05, 3.63) is 36.0 Å². The van der Waals surface area contributed by atoms with Gasteiger partial charge in [-0.05, 0) is 19.0 Å². The summed E-state index contributed by atoms with van der Waals surface area (Å²) in [4.78, 5) is 0. The van der Waals surface area contributed by atoms with Crippen molar-refractivity contribution in [1.82, 2.24) is 0 Å². The zero-order chi connectivity index (χ0) is 12.0. The van der Waals surface area contributed by atoms with E-state index in [1.807, 2.05) is 0 Å². The van der Waals surface area contributed by atoms with Crippen molar-refractivity contribution in [3.8, 4) is 0 Å². The van der Waals surface area contributed by atoms with Gasteiger partial charge < -0.3 is 9.52 Å². The van der Waals surface area contributed by atoms with Crippen molar-refractivity contribution < 1.29 is 15.0 Å². The van der Waals surface area contributed by atoms with Gasteiger partial charge in [0.2, 0.25) is 0 Å². The second-order valence-electron chi connectivity index (χ2n) is 2.57. The van der Waals surface area contributed by atoms with E-state index in [0.29, 0.717) is 5.39 Å². The van der Waals surface area contributed by atoms with Crippen LogP contribution < -0.4 is 0 Å². The maximum Gasteiger partial charge on any atom is 0.134 e. The molecule has 1 heterocycles. The highest BCUT2D eigenvalue weighted by Crippen LogP contribution is 2.22. The third kappa shape index (κ3) is 1.10. The van der Waals surface area contributed by atoms with Gasteiger partial charge in [-0.25, -0.2) is 0 Å². The molecular weight excluding hydrogens is 152 g/mol. The maximum atomic E-state index is 9.34. The lowest BCUT2D eigenvalue weighted by atomic mass is 10.2. The Morgan fingerprint density at radius 2 is 2.25 bits per heavy atom. The molecule has 1 unspecified atom stereocenters. The molecule has 0 radical (unpaired) electrons. The molecule has 1 aromatic heterocycles. The smallest absolute Gasteiger partial charge is 0.134 e. The normalized spacial score (nSPS) is 18.2. The number of hydrogen-bond acceptors (Lipinski definition) is 2. The summed E-state index contributed by atoms with van der Waals surface area (Å²) in [6.07, 6.45) is -0.838. The van der Waals surface area contributed by atoms with Crippen molar-refractivity contribution in [3.63, 3.8) is 0 Å². The Morgan fingerprint density at radius 1 is 1.50 bits per heavy atom. The molecule has 0 bridgehead atoms. The van der Waals surface area contributed by atoms with Crippen molar-refractivity contribution >= 4 is 11.0 Å². The van der Waals surface area contributed by atoms with Gasteiger partial charge in [0.05, 0.1) is 5.48 Å². The van der Waals surface area contributed by atoms with Gasteiger partial charge in [-0.15, -0.1) is 0 Å². The first-order valence-electron chi connectivity index (χ1n) is 5.61. The van der Waals surface area contributed by atoms with E-state index in [-0.39, 0.29) is 35.5 Å². The molecule has 0 aliphatic heterocycles. The van der Waals surface area contributed by atoms with Gasteiger partial charge in [-0.3, -0.25) is 0 Å². The summed E-state index contributed by atoms with van der Waals surface area (Å²) in [5.74, 6) is 0.238. The van der Waals surface area contributed by atoms with Gasteiger partial charge in [0.15, 0.2) is 0 Å². The van der Waals surface area contributed by atoms with Crippen LogP contribution in [-0.4, -0.2) is 5.11 Å². The molecule has 2 nitrogen and oxygen atoms in total. The summed E-state index contributed by atoms with van der Waals surface area (Å²) >= 11 is 0. The zero-order valence-corrected chi connectivity index (χ0v) is 6.51. The Kier molecular flexibility index (Phi) is 0.903. The van der Waals surface area contributed by atoms with E-state index in [9.17, 15) is 5.11 Å². The molecule has 12 heavy (non-hydrogen) atoms. The fourth-order valence-electron chi connectivity index (χ4n) is 0.988. The highest BCUT2D eigenvalue weighted by Gasteiger charge is 2.06. The SMILES string of the molecule is [2H]c1c([2H])c([2H])c2oc(C(C)O)cc2c1[2H]. The standard InChI is InChI=1S/C10H10O2/c1-7(11)10-6-8-4-2-3-5-9(8)12-10/h2-7,11H,1H3/i2D,3D,4D,5D. The molecule has 1 N–H and O–H groups in total. The summed E-state index contributed by atoms with van der Waals surface area (Å²) in [5.41, 5.74) is 0.0851. The summed E-state index contributed by atoms with van der Waals surface area (Å²) in [5, 5.41) is 9.63. The summed E-state index contributed by atoms with van der Waals surface area (Å²) in [7, 11) is 0. The number of para-hydroxylation sites is 1. The number of rotatable bonds is 1. The van der Waals surface area contributed by atoms with Crippen LogP contribution in [-0.2, 0) is 0 Å². The van der Waals surface area contributed by atoms with Crippen LogP contribution >= 0.6 is 0 Å². The van der Waals surface area contributed by atoms with Crippen LogP contribution in [0.5, 0.6) is 0 Å². The van der Waals surface area contributed by atoms with E-state index in [4.69, 9.17) is 9.90 Å². The molecule has 1 atom stereocenters. The summed E-state index contributed by atoms with van der Waals surface area (Å²) in [6.45, 7) is 1.51. The second-order valence-corrected chi connectivity index (χ2v) is 2.57. The highest BCUT2D eigenvalue weighted by atomic mass is 16.4. The Bertz CT molecular complexity index is 515. The van der Waals surface area contributed by atoms with Gasteiger partial charge in [0.25, 0.3) is 0 Å². The first-order chi connectivity index (χ1) is 7.43. The predicted octanol–water partition coefficient (Wildman–Crippen LogP) is 2.49. The molecule has 0 saturated carbocycles. The van der Waals surface area contributed by atoms with Crippen molar-refractivity contribution in [2.24, 2.45) is 0 Å². The van der Waals surface area contributed by atoms with E-state index in [0.717, 1.165) is 0 Å². The van der Waals surface area contributed by atoms with E-state index >= 15 is 0 Å². The molecule has 0 spiro atoms. The molecule has 2 aromatic rings. The van der Waals surface area contributed by atoms with Crippen molar-refractivity contribution in [2.75, 3.05) is 0 Å². The Hall–Kier alpha value is -1.28. The highest BCUT2D eigenvalue weighted by molar-refractivity contribution is 5.77. The molecule has 0 aliphatic rings. The van der Waals surface area contributed by atoms with E-state index in [1.165, 1.54) is 13.0 Å². The largest absolute Gasteiger partial charge is 0.458 e. The van der Waals surface area contributed by atoms with E-state index in [2.05, 4.69) is 0 Å². The second kappa shape index (κ2) is 2.64. The van der Waals surface area contributed by atoms with E-state index in [1.54, 1.807) is 0 Å². The molecule has 0 aliphatic carbocycles. The quantitative estimate of drug-likeness (QED) is 0.706. The molecule has 0 saturated heterocycles. The van der Waals surface area contributed by atoms with Crippen LogP contribution in [0.15, 0.2) is 34.7 Å². The number of benzene rings is 1. The number of aliphatic hydroxyl groups is 1. The average Bonchev–Trinajstić information content (AvgIpc) is 2.68. The first kappa shape index (κ1) is 4.10. The minimum atomic E-state index is -0.838. The number of furan rings is 1. The van der Waals surface area contributed by atoms with Gasteiger partial charge in [0, 0.05) is 5.39 Å². The minimum absolute atomic E-state index is 0.0851. The lowest BCUT2D eigenvalue weighted by molar-refractivity contribution is 0.172. The van der Waals surface area contributed by atoms with Crippen LogP contribution in [0.3, 0.4) is 0 Å². The molecule has 0 fully saturated rings. The monoisotopic (exact) mass is 166 g/mol. The number of fused-ring (bicyclic) bond motifs is 1. The lowest BCUT2D eigenvalue weighted by Crippen LogP contribution is -1.85. The number of aliphatic hydroxyl groups excluding tert-OH is 1. The van der Waals surface area contributed by atoms with Gasteiger partial charge in [-0.1, -0.05) is 18.1 Å². The summed E-state index contributed by atoms with van der Waals surface area (Å²) in [6, 6.07) is 0.451. The third-order valence-electron chi connectivity index (χ3n) is 1.60. The molecule has 62 valence electrons. The van der Waals surface area contributed by atoms with Gasteiger partial charge in [0.1, 0.15) is 17.4 Å². The first-order valence-corrected chi connectivity index (χ1v) is 3.61. The topological polar surface area (TPSA) is 33.4 Å². The molecule has 0 amide bonds. The third-order valence-corrected chi connectivity index (χ3v) is 1.60. The van der Waals surface area contributed by atoms with Crippen LogP contribution in [0.25, 0.3) is 11.0 Å². The van der Waals surface area contributed by atoms with Crippen molar-refractivity contribution in [2.45, 2.75) is 13.0 Å². The molecule has 2 heteroatoms. The van der Waals surface area contributed by atoms with Crippen LogP contribution in [0.1, 0.15) is 24.3 Å². The van der Waals surface area contributed by atoms with Gasteiger partial charge >= 0.3 is 0 Å². The molecule has 1 aromatic carbocycles. The Labute approximate surface area is 76.1 Å². The average molecular weight is 166 g/mol. The zero-order valence-electron chi connectivity index (χ0n) is 10.5.